The SMILES string of the molecule is C=CCOC(=O)N1CC(C2=NOC(C)(C)C2)C1. The molecule has 2 heterocycles. The van der Waals surface area contributed by atoms with Crippen molar-refractivity contribution in [1.29, 1.82) is 0 Å². The van der Waals surface area contributed by atoms with Gasteiger partial charge in [-0.1, -0.05) is 17.8 Å². The summed E-state index contributed by atoms with van der Waals surface area (Å²) in [5.41, 5.74) is 0.863. The number of carbonyl (C=O) groups is 1. The topological polar surface area (TPSA) is 51.1 Å². The van der Waals surface area contributed by atoms with Crippen LogP contribution >= 0.6 is 0 Å². The fraction of sp³-hybridized carbons (Fsp3) is 0.667. The average molecular weight is 238 g/mol. The molecule has 0 radical (unpaired) electrons. The van der Waals surface area contributed by atoms with Crippen LogP contribution in [-0.2, 0) is 9.57 Å². The molecule has 2 aliphatic rings. The molecule has 94 valence electrons. The van der Waals surface area contributed by atoms with Crippen LogP contribution in [0, 0.1) is 5.92 Å². The van der Waals surface area contributed by atoms with Gasteiger partial charge in [-0.3, -0.25) is 0 Å². The van der Waals surface area contributed by atoms with E-state index in [2.05, 4.69) is 11.7 Å². The summed E-state index contributed by atoms with van der Waals surface area (Å²) in [6.07, 6.45) is 2.12. The Hall–Kier alpha value is -1.52. The van der Waals surface area contributed by atoms with Crippen LogP contribution in [0.3, 0.4) is 0 Å². The third-order valence-corrected chi connectivity index (χ3v) is 2.95. The number of ether oxygens (including phenoxy) is 1. The lowest BCUT2D eigenvalue weighted by Crippen LogP contribution is -2.53. The van der Waals surface area contributed by atoms with Gasteiger partial charge in [0, 0.05) is 25.4 Å². The third kappa shape index (κ3) is 2.60. The standard InChI is InChI=1S/C12H18N2O3/c1-4-5-16-11(15)14-7-9(8-14)10-6-12(2,3)17-13-10/h4,9H,1,5-8H2,2-3H3. The molecule has 5 heteroatoms. The number of rotatable bonds is 3. The highest BCUT2D eigenvalue weighted by Gasteiger charge is 2.40. The Morgan fingerprint density at radius 3 is 2.94 bits per heavy atom. The molecule has 0 saturated carbocycles. The smallest absolute Gasteiger partial charge is 0.410 e. The highest BCUT2D eigenvalue weighted by Crippen LogP contribution is 2.29. The van der Waals surface area contributed by atoms with Gasteiger partial charge in [-0.15, -0.1) is 0 Å². The molecule has 0 bridgehead atoms. The molecule has 0 aromatic carbocycles. The molecule has 1 amide bonds. The van der Waals surface area contributed by atoms with Crippen molar-refractivity contribution in [1.82, 2.24) is 4.90 Å². The average Bonchev–Trinajstić information content (AvgIpc) is 2.53. The van der Waals surface area contributed by atoms with Crippen molar-refractivity contribution in [3.63, 3.8) is 0 Å². The van der Waals surface area contributed by atoms with Crippen molar-refractivity contribution in [3.05, 3.63) is 12.7 Å². The summed E-state index contributed by atoms with van der Waals surface area (Å²) in [6, 6.07) is 0. The molecule has 17 heavy (non-hydrogen) atoms. The minimum Gasteiger partial charge on any atom is -0.445 e. The molecular formula is C12H18N2O3. The zero-order chi connectivity index (χ0) is 12.5. The molecule has 0 unspecified atom stereocenters. The summed E-state index contributed by atoms with van der Waals surface area (Å²) in [4.78, 5) is 18.4. The van der Waals surface area contributed by atoms with Crippen LogP contribution in [0.5, 0.6) is 0 Å². The first-order valence-corrected chi connectivity index (χ1v) is 5.79. The Balaban J connectivity index is 1.76. The summed E-state index contributed by atoms with van der Waals surface area (Å²) >= 11 is 0. The molecule has 1 fully saturated rings. The van der Waals surface area contributed by atoms with E-state index in [0.29, 0.717) is 19.0 Å². The van der Waals surface area contributed by atoms with E-state index in [4.69, 9.17) is 9.57 Å². The molecule has 1 saturated heterocycles. The Kier molecular flexibility index (Phi) is 3.09. The molecule has 0 spiro atoms. The Labute approximate surface area is 101 Å². The normalized spacial score (nSPS) is 22.5. The second-order valence-electron chi connectivity index (χ2n) is 5.08. The third-order valence-electron chi connectivity index (χ3n) is 2.95. The number of nitrogens with zero attached hydrogens (tertiary/aromatic N) is 2. The molecule has 5 nitrogen and oxygen atoms in total. The maximum absolute atomic E-state index is 11.5. The van der Waals surface area contributed by atoms with Gasteiger partial charge in [-0.25, -0.2) is 4.79 Å². The van der Waals surface area contributed by atoms with E-state index in [1.807, 2.05) is 13.8 Å². The van der Waals surface area contributed by atoms with Crippen molar-refractivity contribution in [2.45, 2.75) is 25.9 Å². The maximum atomic E-state index is 11.5. The summed E-state index contributed by atoms with van der Waals surface area (Å²) in [7, 11) is 0. The van der Waals surface area contributed by atoms with Crippen molar-refractivity contribution in [2.75, 3.05) is 19.7 Å². The quantitative estimate of drug-likeness (QED) is 0.704. The van der Waals surface area contributed by atoms with Crippen LogP contribution in [0.2, 0.25) is 0 Å². The maximum Gasteiger partial charge on any atom is 0.410 e. The molecule has 0 atom stereocenters. The van der Waals surface area contributed by atoms with Gasteiger partial charge in [-0.2, -0.15) is 0 Å². The minimum atomic E-state index is -0.278. The van der Waals surface area contributed by atoms with Gasteiger partial charge >= 0.3 is 6.09 Å². The lowest BCUT2D eigenvalue weighted by molar-refractivity contribution is 0.0123. The van der Waals surface area contributed by atoms with Crippen LogP contribution in [0.15, 0.2) is 17.8 Å². The van der Waals surface area contributed by atoms with Gasteiger partial charge in [0.05, 0.1) is 5.71 Å². The summed E-state index contributed by atoms with van der Waals surface area (Å²) in [6.45, 7) is 9.13. The Morgan fingerprint density at radius 2 is 2.41 bits per heavy atom. The molecule has 0 aromatic heterocycles. The van der Waals surface area contributed by atoms with Gasteiger partial charge in [0.1, 0.15) is 12.2 Å². The predicted octanol–water partition coefficient (Wildman–Crippen LogP) is 1.80. The number of oxime groups is 1. The predicted molar refractivity (Wildman–Crippen MR) is 63.8 cm³/mol. The van der Waals surface area contributed by atoms with Gasteiger partial charge < -0.3 is 14.5 Å². The number of hydrogen-bond acceptors (Lipinski definition) is 4. The molecule has 0 aliphatic carbocycles. The molecule has 2 aliphatic heterocycles. The first-order chi connectivity index (χ1) is 8.02. The molecule has 0 aromatic rings. The Morgan fingerprint density at radius 1 is 1.71 bits per heavy atom. The van der Waals surface area contributed by atoms with Crippen molar-refractivity contribution in [3.8, 4) is 0 Å². The highest BCUT2D eigenvalue weighted by molar-refractivity contribution is 5.90. The monoisotopic (exact) mass is 238 g/mol. The molecule has 2 rings (SSSR count). The van der Waals surface area contributed by atoms with E-state index in [0.717, 1.165) is 12.1 Å². The highest BCUT2D eigenvalue weighted by atomic mass is 16.7. The van der Waals surface area contributed by atoms with E-state index in [9.17, 15) is 4.79 Å². The lowest BCUT2D eigenvalue weighted by atomic mass is 9.89. The summed E-state index contributed by atoms with van der Waals surface area (Å²) in [5, 5.41) is 4.09. The number of carbonyl (C=O) groups excluding carboxylic acids is 1. The second kappa shape index (κ2) is 4.39. The van der Waals surface area contributed by atoms with Crippen LogP contribution < -0.4 is 0 Å². The number of amides is 1. The lowest BCUT2D eigenvalue weighted by Gasteiger charge is -2.37. The first kappa shape index (κ1) is 12.0. The van der Waals surface area contributed by atoms with Crippen LogP contribution in [0.25, 0.3) is 0 Å². The summed E-state index contributed by atoms with van der Waals surface area (Å²) in [5.74, 6) is 0.327. The van der Waals surface area contributed by atoms with Gasteiger partial charge in [0.2, 0.25) is 0 Å². The van der Waals surface area contributed by atoms with E-state index in [1.54, 1.807) is 11.0 Å². The second-order valence-corrected chi connectivity index (χ2v) is 5.08. The van der Waals surface area contributed by atoms with Crippen molar-refractivity contribution >= 4 is 11.8 Å². The fourth-order valence-electron chi connectivity index (χ4n) is 1.96. The van der Waals surface area contributed by atoms with E-state index < -0.39 is 0 Å². The van der Waals surface area contributed by atoms with Crippen molar-refractivity contribution < 1.29 is 14.4 Å². The van der Waals surface area contributed by atoms with Crippen molar-refractivity contribution in [2.24, 2.45) is 11.1 Å². The van der Waals surface area contributed by atoms with Gasteiger partial charge in [0.25, 0.3) is 0 Å². The minimum absolute atomic E-state index is 0.195. The van der Waals surface area contributed by atoms with Crippen LogP contribution in [0.1, 0.15) is 20.3 Å². The van der Waals surface area contributed by atoms with Crippen LogP contribution in [-0.4, -0.2) is 42.0 Å². The zero-order valence-electron chi connectivity index (χ0n) is 10.3. The summed E-state index contributed by atoms with van der Waals surface area (Å²) < 4.78 is 4.94. The fourth-order valence-corrected chi connectivity index (χ4v) is 1.96. The van der Waals surface area contributed by atoms with Gasteiger partial charge in [-0.05, 0) is 13.8 Å². The van der Waals surface area contributed by atoms with Gasteiger partial charge in [0.15, 0.2) is 0 Å². The Bertz CT molecular complexity index is 357. The first-order valence-electron chi connectivity index (χ1n) is 5.79. The van der Waals surface area contributed by atoms with E-state index >= 15 is 0 Å². The zero-order valence-corrected chi connectivity index (χ0v) is 10.3. The number of likely N-dealkylation sites (tertiary alicyclic amines) is 1. The molecular weight excluding hydrogens is 220 g/mol. The van der Waals surface area contributed by atoms with Crippen LogP contribution in [0.4, 0.5) is 4.79 Å². The largest absolute Gasteiger partial charge is 0.445 e. The van der Waals surface area contributed by atoms with E-state index in [-0.39, 0.29) is 18.3 Å². The van der Waals surface area contributed by atoms with E-state index in [1.165, 1.54) is 0 Å². The molecule has 0 N–H and O–H groups in total. The number of hydrogen-bond donors (Lipinski definition) is 0.